The van der Waals surface area contributed by atoms with Gasteiger partial charge >= 0.3 is 5.97 Å². The second kappa shape index (κ2) is 4.68. The molecule has 2 rings (SSSR count). The molecule has 1 N–H and O–H groups in total. The van der Waals surface area contributed by atoms with Crippen LogP contribution in [0.5, 0.6) is 0 Å². The van der Waals surface area contributed by atoms with Crippen LogP contribution in [0.3, 0.4) is 0 Å². The Hall–Kier alpha value is -1.85. The van der Waals surface area contributed by atoms with Gasteiger partial charge in [-0.15, -0.1) is 0 Å². The first-order valence-electron chi connectivity index (χ1n) is 6.36. The van der Waals surface area contributed by atoms with E-state index in [-0.39, 0.29) is 5.91 Å². The number of aryl methyl sites for hydroxylation is 1. The summed E-state index contributed by atoms with van der Waals surface area (Å²) in [5.74, 6) is -0.838. The molecule has 0 saturated carbocycles. The fraction of sp³-hybridized carbons (Fsp3) is 0.615. The van der Waals surface area contributed by atoms with Gasteiger partial charge in [-0.2, -0.15) is 5.10 Å². The predicted octanol–water partition coefficient (Wildman–Crippen LogP) is 1.06. The van der Waals surface area contributed by atoms with Crippen LogP contribution < -0.4 is 0 Å². The Morgan fingerprint density at radius 1 is 1.37 bits per heavy atom. The van der Waals surface area contributed by atoms with Gasteiger partial charge in [-0.25, -0.2) is 0 Å². The lowest BCUT2D eigenvalue weighted by Gasteiger charge is -2.36. The SMILES string of the molecule is Cc1c(C(=O)N2CCC(C)(C(=O)O)CC2)cnn1C. The van der Waals surface area contributed by atoms with Gasteiger partial charge < -0.3 is 10.0 Å². The average Bonchev–Trinajstić information content (AvgIpc) is 2.70. The van der Waals surface area contributed by atoms with E-state index in [1.165, 1.54) is 0 Å². The number of carboxylic acid groups (broad SMARTS) is 1. The first kappa shape index (κ1) is 13.6. The van der Waals surface area contributed by atoms with E-state index in [0.717, 1.165) is 5.69 Å². The molecule has 0 aromatic carbocycles. The molecule has 0 unspecified atom stereocenters. The van der Waals surface area contributed by atoms with Crippen molar-refractivity contribution in [1.29, 1.82) is 0 Å². The zero-order chi connectivity index (χ0) is 14.2. The van der Waals surface area contributed by atoms with E-state index in [9.17, 15) is 14.7 Å². The molecule has 0 bridgehead atoms. The fourth-order valence-electron chi connectivity index (χ4n) is 2.30. The normalized spacial score (nSPS) is 18.4. The molecule has 1 aliphatic heterocycles. The molecule has 1 aromatic rings. The van der Waals surface area contributed by atoms with Crippen molar-refractivity contribution in [2.75, 3.05) is 13.1 Å². The summed E-state index contributed by atoms with van der Waals surface area (Å²) in [6.45, 7) is 4.56. The Labute approximate surface area is 112 Å². The van der Waals surface area contributed by atoms with Gasteiger partial charge in [0.25, 0.3) is 5.91 Å². The van der Waals surface area contributed by atoms with Crippen molar-refractivity contribution in [1.82, 2.24) is 14.7 Å². The van der Waals surface area contributed by atoms with Gasteiger partial charge in [-0.3, -0.25) is 14.3 Å². The average molecular weight is 265 g/mol. The van der Waals surface area contributed by atoms with Gasteiger partial charge in [0, 0.05) is 25.8 Å². The number of nitrogens with zero attached hydrogens (tertiary/aromatic N) is 3. The molecule has 2 heterocycles. The van der Waals surface area contributed by atoms with Crippen LogP contribution in [0.1, 0.15) is 35.8 Å². The topological polar surface area (TPSA) is 75.4 Å². The van der Waals surface area contributed by atoms with E-state index in [0.29, 0.717) is 31.5 Å². The molecule has 104 valence electrons. The fourth-order valence-corrected chi connectivity index (χ4v) is 2.30. The largest absolute Gasteiger partial charge is 0.481 e. The summed E-state index contributed by atoms with van der Waals surface area (Å²) >= 11 is 0. The maximum atomic E-state index is 12.3. The lowest BCUT2D eigenvalue weighted by Crippen LogP contribution is -2.45. The van der Waals surface area contributed by atoms with Crippen LogP contribution in [-0.4, -0.2) is 44.8 Å². The smallest absolute Gasteiger partial charge is 0.309 e. The number of aliphatic carboxylic acids is 1. The molecule has 1 aliphatic rings. The first-order chi connectivity index (χ1) is 8.85. The first-order valence-corrected chi connectivity index (χ1v) is 6.36. The molecular formula is C13H19N3O3. The highest BCUT2D eigenvalue weighted by Gasteiger charge is 2.38. The Bertz CT molecular complexity index is 513. The third-order valence-corrected chi connectivity index (χ3v) is 4.14. The lowest BCUT2D eigenvalue weighted by molar-refractivity contribution is -0.150. The highest BCUT2D eigenvalue weighted by atomic mass is 16.4. The van der Waals surface area contributed by atoms with Crippen molar-refractivity contribution in [2.24, 2.45) is 12.5 Å². The highest BCUT2D eigenvalue weighted by molar-refractivity contribution is 5.95. The maximum Gasteiger partial charge on any atom is 0.309 e. The Kier molecular flexibility index (Phi) is 3.34. The van der Waals surface area contributed by atoms with Crippen LogP contribution in [0.25, 0.3) is 0 Å². The second-order valence-electron chi connectivity index (χ2n) is 5.43. The van der Waals surface area contributed by atoms with Crippen LogP contribution in [0.4, 0.5) is 0 Å². The predicted molar refractivity (Wildman–Crippen MR) is 68.8 cm³/mol. The Balaban J connectivity index is 2.08. The van der Waals surface area contributed by atoms with Crippen molar-refractivity contribution in [3.8, 4) is 0 Å². The number of hydrogen-bond acceptors (Lipinski definition) is 3. The molecule has 6 nitrogen and oxygen atoms in total. The number of carboxylic acids is 1. The summed E-state index contributed by atoms with van der Waals surface area (Å²) in [6, 6.07) is 0. The molecular weight excluding hydrogens is 246 g/mol. The molecule has 1 aromatic heterocycles. The number of carbonyl (C=O) groups excluding carboxylic acids is 1. The summed E-state index contributed by atoms with van der Waals surface area (Å²) < 4.78 is 1.67. The third-order valence-electron chi connectivity index (χ3n) is 4.14. The maximum absolute atomic E-state index is 12.3. The minimum absolute atomic E-state index is 0.0574. The molecule has 1 amide bonds. The van der Waals surface area contributed by atoms with Crippen molar-refractivity contribution < 1.29 is 14.7 Å². The van der Waals surface area contributed by atoms with E-state index in [2.05, 4.69) is 5.10 Å². The quantitative estimate of drug-likeness (QED) is 0.867. The van der Waals surface area contributed by atoms with Gasteiger partial charge in [0.1, 0.15) is 0 Å². The van der Waals surface area contributed by atoms with Crippen LogP contribution in [0, 0.1) is 12.3 Å². The van der Waals surface area contributed by atoms with Gasteiger partial charge in [0.2, 0.25) is 0 Å². The number of carbonyl (C=O) groups is 2. The van der Waals surface area contributed by atoms with Gasteiger partial charge in [-0.05, 0) is 26.7 Å². The zero-order valence-electron chi connectivity index (χ0n) is 11.5. The standard InChI is InChI=1S/C13H19N3O3/c1-9-10(8-14-15(9)3)11(17)16-6-4-13(2,5-7-16)12(18)19/h8H,4-7H2,1-3H3,(H,18,19). The van der Waals surface area contributed by atoms with Gasteiger partial charge in [0.05, 0.1) is 17.2 Å². The highest BCUT2D eigenvalue weighted by Crippen LogP contribution is 2.31. The Morgan fingerprint density at radius 3 is 2.37 bits per heavy atom. The van der Waals surface area contributed by atoms with Gasteiger partial charge in [0.15, 0.2) is 0 Å². The summed E-state index contributed by atoms with van der Waals surface area (Å²) in [5, 5.41) is 13.2. The molecule has 0 aliphatic carbocycles. The summed E-state index contributed by atoms with van der Waals surface area (Å²) in [4.78, 5) is 25.2. The number of hydrogen-bond donors (Lipinski definition) is 1. The molecule has 1 fully saturated rings. The monoisotopic (exact) mass is 265 g/mol. The summed E-state index contributed by atoms with van der Waals surface area (Å²) in [7, 11) is 1.80. The van der Waals surface area contributed by atoms with Crippen LogP contribution in [0.2, 0.25) is 0 Å². The number of piperidine rings is 1. The van der Waals surface area contributed by atoms with Crippen molar-refractivity contribution >= 4 is 11.9 Å². The van der Waals surface area contributed by atoms with Gasteiger partial charge in [-0.1, -0.05) is 0 Å². The number of rotatable bonds is 2. The van der Waals surface area contributed by atoms with Crippen molar-refractivity contribution in [3.05, 3.63) is 17.5 Å². The molecule has 1 saturated heterocycles. The minimum atomic E-state index is -0.780. The molecule has 0 spiro atoms. The van der Waals surface area contributed by atoms with Crippen LogP contribution in [-0.2, 0) is 11.8 Å². The lowest BCUT2D eigenvalue weighted by atomic mass is 9.80. The minimum Gasteiger partial charge on any atom is -0.481 e. The van der Waals surface area contributed by atoms with Crippen LogP contribution >= 0.6 is 0 Å². The second-order valence-corrected chi connectivity index (χ2v) is 5.43. The van der Waals surface area contributed by atoms with E-state index in [4.69, 9.17) is 0 Å². The van der Waals surface area contributed by atoms with Crippen LogP contribution in [0.15, 0.2) is 6.20 Å². The third kappa shape index (κ3) is 2.34. The number of likely N-dealkylation sites (tertiary alicyclic amines) is 1. The number of aromatic nitrogens is 2. The zero-order valence-corrected chi connectivity index (χ0v) is 11.5. The molecule has 0 atom stereocenters. The van der Waals surface area contributed by atoms with Crippen molar-refractivity contribution in [2.45, 2.75) is 26.7 Å². The van der Waals surface area contributed by atoms with E-state index in [1.54, 1.807) is 29.7 Å². The molecule has 6 heteroatoms. The molecule has 19 heavy (non-hydrogen) atoms. The number of amides is 1. The Morgan fingerprint density at radius 2 is 1.95 bits per heavy atom. The van der Waals surface area contributed by atoms with E-state index >= 15 is 0 Å². The van der Waals surface area contributed by atoms with E-state index in [1.807, 2.05) is 6.92 Å². The van der Waals surface area contributed by atoms with Crippen molar-refractivity contribution in [3.63, 3.8) is 0 Å². The van der Waals surface area contributed by atoms with E-state index < -0.39 is 11.4 Å². The molecule has 0 radical (unpaired) electrons. The summed E-state index contributed by atoms with van der Waals surface area (Å²) in [6.07, 6.45) is 2.56. The summed E-state index contributed by atoms with van der Waals surface area (Å²) in [5.41, 5.74) is 0.721.